The zero-order chi connectivity index (χ0) is 36.1. The van der Waals surface area contributed by atoms with Gasteiger partial charge in [-0.1, -0.05) is 26.7 Å². The minimum absolute atomic E-state index is 0.379. The Balaban J connectivity index is 1.52. The Bertz CT molecular complexity index is 1260. The predicted octanol–water partition coefficient (Wildman–Crippen LogP) is 5.57. The zero-order valence-corrected chi connectivity index (χ0v) is 31.2. The Hall–Kier alpha value is -2.94. The smallest absolute Gasteiger partial charge is 0.161 e. The van der Waals surface area contributed by atoms with Crippen molar-refractivity contribution in [2.45, 2.75) is 39.5 Å². The highest BCUT2D eigenvalue weighted by Gasteiger charge is 2.21. The Labute approximate surface area is 308 Å². The highest BCUT2D eigenvalue weighted by molar-refractivity contribution is 6.08. The molecule has 0 fully saturated rings. The van der Waals surface area contributed by atoms with Gasteiger partial charge < -0.3 is 56.8 Å². The normalized spacial score (nSPS) is 19.3. The molecule has 0 atom stereocenters. The molecule has 2 heterocycles. The molecule has 0 saturated carbocycles. The SMILES string of the molecule is CCCc1c2cc3c(cc2c(CCC)c2cc4c(cc12)OCCOCCOCCOCCOCCO4)OCCOCCOCCOCCOCCO3. The summed E-state index contributed by atoms with van der Waals surface area (Å²) < 4.78 is 71.0. The summed E-state index contributed by atoms with van der Waals surface area (Å²) in [6.07, 6.45) is 3.68. The summed E-state index contributed by atoms with van der Waals surface area (Å²) in [5, 5.41) is 4.57. The van der Waals surface area contributed by atoms with Crippen LogP contribution in [-0.4, -0.2) is 132 Å². The number of hydrogen-bond donors (Lipinski definition) is 0. The van der Waals surface area contributed by atoms with Crippen molar-refractivity contribution in [3.05, 3.63) is 35.4 Å². The zero-order valence-electron chi connectivity index (χ0n) is 31.2. The van der Waals surface area contributed by atoms with Gasteiger partial charge in [0, 0.05) is 0 Å². The fourth-order valence-corrected chi connectivity index (χ4v) is 6.26. The number of hydrogen-bond acceptors (Lipinski definition) is 12. The summed E-state index contributed by atoms with van der Waals surface area (Å²) in [5.41, 5.74) is 2.47. The van der Waals surface area contributed by atoms with Gasteiger partial charge >= 0.3 is 0 Å². The molecule has 12 nitrogen and oxygen atoms in total. The maximum absolute atomic E-state index is 6.37. The van der Waals surface area contributed by atoms with Crippen LogP contribution < -0.4 is 18.9 Å². The van der Waals surface area contributed by atoms with E-state index >= 15 is 0 Å². The quantitative estimate of drug-likeness (QED) is 0.313. The molecule has 3 aromatic carbocycles. The van der Waals surface area contributed by atoms with Crippen molar-refractivity contribution in [3.8, 4) is 23.0 Å². The first kappa shape index (κ1) is 40.2. The molecule has 52 heavy (non-hydrogen) atoms. The number of rotatable bonds is 4. The summed E-state index contributed by atoms with van der Waals surface area (Å²) in [7, 11) is 0. The van der Waals surface area contributed by atoms with Crippen molar-refractivity contribution in [2.24, 2.45) is 0 Å². The third-order valence-electron chi connectivity index (χ3n) is 8.64. The van der Waals surface area contributed by atoms with Crippen molar-refractivity contribution in [3.63, 3.8) is 0 Å². The largest absolute Gasteiger partial charge is 0.487 e. The summed E-state index contributed by atoms with van der Waals surface area (Å²) >= 11 is 0. The molecule has 290 valence electrons. The molecule has 2 aliphatic rings. The lowest BCUT2D eigenvalue weighted by molar-refractivity contribution is -0.00840. The van der Waals surface area contributed by atoms with Crippen molar-refractivity contribution >= 4 is 21.5 Å². The topological polar surface area (TPSA) is 111 Å². The minimum atomic E-state index is 0.379. The van der Waals surface area contributed by atoms with E-state index in [1.54, 1.807) is 0 Å². The van der Waals surface area contributed by atoms with Crippen LogP contribution in [0.25, 0.3) is 21.5 Å². The molecule has 0 unspecified atom stereocenters. The van der Waals surface area contributed by atoms with Crippen LogP contribution in [0, 0.1) is 0 Å². The van der Waals surface area contributed by atoms with Crippen molar-refractivity contribution in [1.29, 1.82) is 0 Å². The first-order valence-corrected chi connectivity index (χ1v) is 19.0. The van der Waals surface area contributed by atoms with E-state index in [1.165, 1.54) is 11.1 Å². The van der Waals surface area contributed by atoms with E-state index in [0.29, 0.717) is 155 Å². The Kier molecular flexibility index (Phi) is 18.3. The fraction of sp³-hybridized carbons (Fsp3) is 0.650. The average Bonchev–Trinajstić information content (AvgIpc) is 3.15. The second-order valence-corrected chi connectivity index (χ2v) is 12.4. The standard InChI is InChI=1S/C40H58O12/c1-3-5-31-33-27-37-39(51-25-21-47-17-13-43-9-7-41-11-15-45-19-23-49-37)29-35(33)32(6-4-2)36-30-40-38(28-34(31)36)50-24-20-46-16-12-42-8-10-44-14-18-48-22-26-52-40/h27-30H,3-26H2,1-2H3. The van der Waals surface area contributed by atoms with Crippen LogP contribution in [0.3, 0.4) is 0 Å². The van der Waals surface area contributed by atoms with Crippen LogP contribution in [0.5, 0.6) is 23.0 Å². The van der Waals surface area contributed by atoms with E-state index < -0.39 is 0 Å². The number of fused-ring (bicyclic) bond motifs is 4. The molecule has 0 aliphatic carbocycles. The average molecular weight is 731 g/mol. The van der Waals surface area contributed by atoms with Crippen LogP contribution in [0.4, 0.5) is 0 Å². The van der Waals surface area contributed by atoms with Gasteiger partial charge in [-0.05, 0) is 69.8 Å². The van der Waals surface area contributed by atoms with E-state index in [-0.39, 0.29) is 0 Å². The molecular formula is C40H58O12. The van der Waals surface area contributed by atoms with E-state index in [0.717, 1.165) is 47.2 Å². The highest BCUT2D eigenvalue weighted by Crippen LogP contribution is 2.44. The van der Waals surface area contributed by atoms with Gasteiger partial charge in [0.1, 0.15) is 26.4 Å². The van der Waals surface area contributed by atoms with Crippen LogP contribution in [-0.2, 0) is 50.7 Å². The third-order valence-corrected chi connectivity index (χ3v) is 8.64. The molecule has 0 aromatic heterocycles. The van der Waals surface area contributed by atoms with Crippen LogP contribution >= 0.6 is 0 Å². The van der Waals surface area contributed by atoms with E-state index in [9.17, 15) is 0 Å². The molecule has 5 rings (SSSR count). The fourth-order valence-electron chi connectivity index (χ4n) is 6.26. The lowest BCUT2D eigenvalue weighted by Crippen LogP contribution is -2.16. The number of ether oxygens (including phenoxy) is 12. The van der Waals surface area contributed by atoms with E-state index in [4.69, 9.17) is 56.8 Å². The molecule has 12 heteroatoms. The maximum atomic E-state index is 6.37. The third kappa shape index (κ3) is 12.6. The van der Waals surface area contributed by atoms with E-state index in [2.05, 4.69) is 38.1 Å². The molecule has 3 aromatic rings. The van der Waals surface area contributed by atoms with Crippen LogP contribution in [0.1, 0.15) is 37.8 Å². The van der Waals surface area contributed by atoms with Crippen molar-refractivity contribution in [1.82, 2.24) is 0 Å². The van der Waals surface area contributed by atoms with Gasteiger partial charge in [-0.2, -0.15) is 0 Å². The predicted molar refractivity (Wildman–Crippen MR) is 198 cm³/mol. The van der Waals surface area contributed by atoms with Gasteiger partial charge in [-0.3, -0.25) is 0 Å². The monoisotopic (exact) mass is 730 g/mol. The number of aryl methyl sites for hydroxylation is 2. The summed E-state index contributed by atoms with van der Waals surface area (Å²) in [4.78, 5) is 0. The lowest BCUT2D eigenvalue weighted by Gasteiger charge is -2.22. The number of benzene rings is 3. The summed E-state index contributed by atoms with van der Waals surface area (Å²) in [5.74, 6) is 2.72. The van der Waals surface area contributed by atoms with Gasteiger partial charge in [-0.25, -0.2) is 0 Å². The molecule has 2 aliphatic heterocycles. The molecular weight excluding hydrogens is 672 g/mol. The summed E-state index contributed by atoms with van der Waals surface area (Å²) in [6.45, 7) is 13.7. The molecule has 0 radical (unpaired) electrons. The first-order valence-electron chi connectivity index (χ1n) is 19.0. The van der Waals surface area contributed by atoms with Gasteiger partial charge in [0.25, 0.3) is 0 Å². The second kappa shape index (κ2) is 23.7. The van der Waals surface area contributed by atoms with Crippen LogP contribution in [0.15, 0.2) is 24.3 Å². The lowest BCUT2D eigenvalue weighted by atomic mass is 9.87. The van der Waals surface area contributed by atoms with Crippen molar-refractivity contribution < 1.29 is 56.8 Å². The van der Waals surface area contributed by atoms with Gasteiger partial charge in [0.15, 0.2) is 23.0 Å². The molecule has 0 spiro atoms. The maximum Gasteiger partial charge on any atom is 0.161 e. The van der Waals surface area contributed by atoms with Gasteiger partial charge in [-0.15, -0.1) is 0 Å². The van der Waals surface area contributed by atoms with Gasteiger partial charge in [0.2, 0.25) is 0 Å². The van der Waals surface area contributed by atoms with Crippen LogP contribution in [0.2, 0.25) is 0 Å². The second-order valence-electron chi connectivity index (χ2n) is 12.4. The molecule has 0 saturated heterocycles. The molecule has 0 amide bonds. The minimum Gasteiger partial charge on any atom is -0.487 e. The van der Waals surface area contributed by atoms with Crippen molar-refractivity contribution in [2.75, 3.05) is 132 Å². The molecule has 0 bridgehead atoms. The van der Waals surface area contributed by atoms with E-state index in [1.807, 2.05) is 0 Å². The highest BCUT2D eigenvalue weighted by atomic mass is 16.6. The Morgan fingerprint density at radius 2 is 0.500 bits per heavy atom. The Morgan fingerprint density at radius 3 is 0.692 bits per heavy atom. The molecule has 0 N–H and O–H groups in total. The Morgan fingerprint density at radius 1 is 0.308 bits per heavy atom. The first-order chi connectivity index (χ1) is 25.8. The van der Waals surface area contributed by atoms with Gasteiger partial charge in [0.05, 0.1) is 106 Å². The summed E-state index contributed by atoms with van der Waals surface area (Å²) in [6, 6.07) is 8.56.